The third-order valence-corrected chi connectivity index (χ3v) is 5.95. The van der Waals surface area contributed by atoms with E-state index < -0.39 is 0 Å². The van der Waals surface area contributed by atoms with E-state index in [4.69, 9.17) is 16.6 Å². The highest BCUT2D eigenvalue weighted by Crippen LogP contribution is 2.31. The Balaban J connectivity index is 1.67. The lowest BCUT2D eigenvalue weighted by Gasteiger charge is -2.33. The third kappa shape index (κ3) is 4.74. The highest BCUT2D eigenvalue weighted by Gasteiger charge is 2.23. The molecule has 0 bridgehead atoms. The lowest BCUT2D eigenvalue weighted by molar-refractivity contribution is 0.208. The number of nitrogens with zero attached hydrogens (tertiary/aromatic N) is 4. The van der Waals surface area contributed by atoms with Crippen LogP contribution in [0.25, 0.3) is 22.5 Å². The molecule has 1 saturated heterocycles. The molecule has 29 heavy (non-hydrogen) atoms. The first kappa shape index (κ1) is 19.8. The molecule has 0 spiro atoms. The molecule has 3 aromatic rings. The van der Waals surface area contributed by atoms with Gasteiger partial charge in [0.2, 0.25) is 0 Å². The van der Waals surface area contributed by atoms with Gasteiger partial charge in [0.15, 0.2) is 5.82 Å². The Morgan fingerprint density at radius 3 is 2.52 bits per heavy atom. The number of pyridine rings is 1. The van der Waals surface area contributed by atoms with Gasteiger partial charge >= 0.3 is 0 Å². The number of anilines is 1. The van der Waals surface area contributed by atoms with Gasteiger partial charge < -0.3 is 10.2 Å². The molecule has 0 saturated carbocycles. The van der Waals surface area contributed by atoms with Crippen molar-refractivity contribution < 1.29 is 0 Å². The van der Waals surface area contributed by atoms with Gasteiger partial charge in [-0.1, -0.05) is 23.7 Å². The molecule has 0 radical (unpaired) electrons. The van der Waals surface area contributed by atoms with E-state index in [9.17, 15) is 0 Å². The molecule has 0 amide bonds. The number of aromatic nitrogens is 3. The fourth-order valence-electron chi connectivity index (χ4n) is 3.83. The predicted octanol–water partition coefficient (Wildman–Crippen LogP) is 5.00. The van der Waals surface area contributed by atoms with Gasteiger partial charge in [0.1, 0.15) is 5.82 Å². The van der Waals surface area contributed by atoms with Crippen molar-refractivity contribution in [2.75, 3.05) is 25.5 Å². The number of halogens is 1. The van der Waals surface area contributed by atoms with Gasteiger partial charge in [-0.05, 0) is 75.6 Å². The van der Waals surface area contributed by atoms with E-state index in [0.29, 0.717) is 17.8 Å². The van der Waals surface area contributed by atoms with Crippen LogP contribution in [0.1, 0.15) is 19.8 Å². The van der Waals surface area contributed by atoms with Crippen molar-refractivity contribution in [3.05, 3.63) is 60.0 Å². The van der Waals surface area contributed by atoms with Crippen LogP contribution in [0.5, 0.6) is 0 Å². The fourth-order valence-corrected chi connectivity index (χ4v) is 3.95. The smallest absolute Gasteiger partial charge is 0.163 e. The van der Waals surface area contributed by atoms with Crippen LogP contribution in [-0.4, -0.2) is 46.0 Å². The molecule has 0 aliphatic carbocycles. The summed E-state index contributed by atoms with van der Waals surface area (Å²) in [5.41, 5.74) is 2.93. The van der Waals surface area contributed by atoms with Gasteiger partial charge in [0.05, 0.1) is 0 Å². The second-order valence-corrected chi connectivity index (χ2v) is 8.21. The molecule has 1 aliphatic heterocycles. The van der Waals surface area contributed by atoms with Crippen LogP contribution in [0.4, 0.5) is 5.82 Å². The normalized spacial score (nSPS) is 16.5. The maximum absolute atomic E-state index is 6.08. The van der Waals surface area contributed by atoms with Gasteiger partial charge in [-0.15, -0.1) is 0 Å². The number of likely N-dealkylation sites (tertiary alicyclic amines) is 1. The molecule has 1 atom stereocenters. The fraction of sp³-hybridized carbons (Fsp3) is 0.348. The van der Waals surface area contributed by atoms with Crippen molar-refractivity contribution in [2.45, 2.75) is 25.8 Å². The molecular formula is C23H26ClN5. The lowest BCUT2D eigenvalue weighted by atomic mass is 9.90. The first-order valence-corrected chi connectivity index (χ1v) is 10.5. The summed E-state index contributed by atoms with van der Waals surface area (Å²) in [7, 11) is 2.19. The molecular weight excluding hydrogens is 382 g/mol. The molecule has 1 aliphatic rings. The molecule has 1 fully saturated rings. The van der Waals surface area contributed by atoms with Crippen molar-refractivity contribution in [2.24, 2.45) is 5.92 Å². The van der Waals surface area contributed by atoms with Crippen molar-refractivity contribution in [1.82, 2.24) is 19.9 Å². The van der Waals surface area contributed by atoms with Crippen LogP contribution in [0.15, 0.2) is 55.0 Å². The molecule has 150 valence electrons. The third-order valence-electron chi connectivity index (χ3n) is 5.70. The Morgan fingerprint density at radius 2 is 1.83 bits per heavy atom. The van der Waals surface area contributed by atoms with Crippen LogP contribution < -0.4 is 5.32 Å². The maximum atomic E-state index is 6.08. The van der Waals surface area contributed by atoms with Gasteiger partial charge in [-0.25, -0.2) is 9.97 Å². The van der Waals surface area contributed by atoms with Gasteiger partial charge in [0, 0.05) is 40.8 Å². The van der Waals surface area contributed by atoms with Crippen molar-refractivity contribution in [1.29, 1.82) is 0 Å². The van der Waals surface area contributed by atoms with Crippen LogP contribution in [0.2, 0.25) is 5.02 Å². The Hall–Kier alpha value is -2.50. The van der Waals surface area contributed by atoms with Gasteiger partial charge in [-0.3, -0.25) is 4.98 Å². The molecule has 1 N–H and O–H groups in total. The summed E-state index contributed by atoms with van der Waals surface area (Å²) in [5.74, 6) is 2.16. The minimum atomic E-state index is 0.325. The Morgan fingerprint density at radius 1 is 1.07 bits per heavy atom. The Kier molecular flexibility index (Phi) is 6.07. The van der Waals surface area contributed by atoms with Gasteiger partial charge in [-0.2, -0.15) is 0 Å². The minimum absolute atomic E-state index is 0.325. The SMILES string of the molecule is CC(Nc1nc(-c2cccnc2)ncc1-c1ccc(Cl)cc1)C1CCN(C)CC1. The standard InChI is InChI=1S/C23H26ClN5/c1-16(17-9-12-29(2)13-10-17)27-23-21(18-5-7-20(24)8-6-18)15-26-22(28-23)19-4-3-11-25-14-19/h3-8,11,14-17H,9-10,12-13H2,1-2H3,(H,26,27,28). The zero-order valence-corrected chi connectivity index (χ0v) is 17.6. The van der Waals surface area contributed by atoms with E-state index >= 15 is 0 Å². The van der Waals surface area contributed by atoms with Crippen LogP contribution >= 0.6 is 11.6 Å². The summed E-state index contributed by atoms with van der Waals surface area (Å²) in [5, 5.41) is 4.41. The van der Waals surface area contributed by atoms with Crippen molar-refractivity contribution >= 4 is 17.4 Å². The number of piperidine rings is 1. The maximum Gasteiger partial charge on any atom is 0.163 e. The highest BCUT2D eigenvalue weighted by atomic mass is 35.5. The number of rotatable bonds is 5. The second-order valence-electron chi connectivity index (χ2n) is 7.78. The largest absolute Gasteiger partial charge is 0.367 e. The number of benzene rings is 1. The molecule has 2 aromatic heterocycles. The highest BCUT2D eigenvalue weighted by molar-refractivity contribution is 6.30. The van der Waals surface area contributed by atoms with Gasteiger partial charge in [0.25, 0.3) is 0 Å². The first-order valence-electron chi connectivity index (χ1n) is 10.1. The quantitative estimate of drug-likeness (QED) is 0.644. The Bertz CT molecular complexity index is 937. The zero-order chi connectivity index (χ0) is 20.2. The zero-order valence-electron chi connectivity index (χ0n) is 16.8. The summed E-state index contributed by atoms with van der Waals surface area (Å²) in [6, 6.07) is 12.0. The average Bonchev–Trinajstić information content (AvgIpc) is 2.75. The van der Waals surface area contributed by atoms with Crippen molar-refractivity contribution in [3.63, 3.8) is 0 Å². The molecule has 3 heterocycles. The number of hydrogen-bond acceptors (Lipinski definition) is 5. The second kappa shape index (κ2) is 8.89. The average molecular weight is 408 g/mol. The molecule has 1 unspecified atom stereocenters. The van der Waals surface area contributed by atoms with E-state index in [2.05, 4.69) is 34.2 Å². The van der Waals surface area contributed by atoms with Crippen LogP contribution in [0, 0.1) is 5.92 Å². The summed E-state index contributed by atoms with van der Waals surface area (Å²) in [6.45, 7) is 4.55. The van der Waals surface area contributed by atoms with E-state index in [0.717, 1.165) is 40.6 Å². The van der Waals surface area contributed by atoms with Crippen LogP contribution in [-0.2, 0) is 0 Å². The summed E-state index contributed by atoms with van der Waals surface area (Å²) in [4.78, 5) is 16.1. The predicted molar refractivity (Wildman–Crippen MR) is 119 cm³/mol. The van der Waals surface area contributed by atoms with E-state index in [1.165, 1.54) is 12.8 Å². The van der Waals surface area contributed by atoms with E-state index in [1.54, 1.807) is 12.4 Å². The molecule has 4 rings (SSSR count). The molecule has 6 heteroatoms. The summed E-state index contributed by atoms with van der Waals surface area (Å²) < 4.78 is 0. The van der Waals surface area contributed by atoms with E-state index in [-0.39, 0.29) is 0 Å². The topological polar surface area (TPSA) is 53.9 Å². The monoisotopic (exact) mass is 407 g/mol. The summed E-state index contributed by atoms with van der Waals surface area (Å²) in [6.07, 6.45) is 7.83. The number of hydrogen-bond donors (Lipinski definition) is 1. The van der Waals surface area contributed by atoms with Crippen LogP contribution in [0.3, 0.4) is 0 Å². The lowest BCUT2D eigenvalue weighted by Crippen LogP contribution is -2.37. The molecule has 1 aromatic carbocycles. The van der Waals surface area contributed by atoms with Crippen molar-refractivity contribution in [3.8, 4) is 22.5 Å². The number of nitrogens with one attached hydrogen (secondary N) is 1. The molecule has 5 nitrogen and oxygen atoms in total. The first-order chi connectivity index (χ1) is 14.1. The summed E-state index contributed by atoms with van der Waals surface area (Å²) >= 11 is 6.08. The Labute approximate surface area is 177 Å². The minimum Gasteiger partial charge on any atom is -0.367 e. The van der Waals surface area contributed by atoms with E-state index in [1.807, 2.05) is 42.6 Å².